The summed E-state index contributed by atoms with van der Waals surface area (Å²) in [7, 11) is 0. The van der Waals surface area contributed by atoms with E-state index in [-0.39, 0.29) is 17.9 Å². The monoisotopic (exact) mass is 299 g/mol. The summed E-state index contributed by atoms with van der Waals surface area (Å²) < 4.78 is 13.8. The highest BCUT2D eigenvalue weighted by atomic mass is 19.1. The van der Waals surface area contributed by atoms with Crippen molar-refractivity contribution in [1.29, 1.82) is 0 Å². The molecule has 2 aromatic rings. The van der Waals surface area contributed by atoms with E-state index >= 15 is 0 Å². The van der Waals surface area contributed by atoms with Crippen molar-refractivity contribution in [2.45, 2.75) is 32.0 Å². The van der Waals surface area contributed by atoms with Gasteiger partial charge in [0.1, 0.15) is 5.82 Å². The van der Waals surface area contributed by atoms with E-state index in [4.69, 9.17) is 0 Å². The number of hydrogen-bond donors (Lipinski definition) is 1. The van der Waals surface area contributed by atoms with Crippen molar-refractivity contribution >= 4 is 6.03 Å². The van der Waals surface area contributed by atoms with Crippen LogP contribution in [0.3, 0.4) is 0 Å². The van der Waals surface area contributed by atoms with Gasteiger partial charge in [0.2, 0.25) is 0 Å². The van der Waals surface area contributed by atoms with E-state index in [1.165, 1.54) is 6.07 Å². The van der Waals surface area contributed by atoms with Crippen LogP contribution in [0, 0.1) is 5.82 Å². The molecule has 1 heterocycles. The van der Waals surface area contributed by atoms with Gasteiger partial charge in [-0.3, -0.25) is 4.98 Å². The van der Waals surface area contributed by atoms with Gasteiger partial charge in [-0.25, -0.2) is 9.18 Å². The summed E-state index contributed by atoms with van der Waals surface area (Å²) in [5, 5.41) is 2.90. The minimum atomic E-state index is -0.268. The van der Waals surface area contributed by atoms with Crippen LogP contribution in [-0.4, -0.2) is 22.0 Å². The first-order valence-electron chi connectivity index (χ1n) is 7.41. The zero-order valence-corrected chi connectivity index (χ0v) is 12.2. The lowest BCUT2D eigenvalue weighted by molar-refractivity contribution is 0.191. The normalized spacial score (nSPS) is 13.7. The number of rotatable bonds is 5. The first-order chi connectivity index (χ1) is 10.7. The van der Waals surface area contributed by atoms with Crippen LogP contribution in [0.2, 0.25) is 0 Å². The van der Waals surface area contributed by atoms with E-state index in [2.05, 4.69) is 10.3 Å². The minimum Gasteiger partial charge on any atom is -0.334 e. The summed E-state index contributed by atoms with van der Waals surface area (Å²) in [6, 6.07) is 10.4. The Balaban J connectivity index is 1.64. The van der Waals surface area contributed by atoms with E-state index in [0.717, 1.165) is 18.4 Å². The number of hydrogen-bond acceptors (Lipinski definition) is 2. The molecule has 0 saturated heterocycles. The molecule has 1 fully saturated rings. The van der Waals surface area contributed by atoms with Crippen molar-refractivity contribution < 1.29 is 9.18 Å². The molecule has 114 valence electrons. The number of carbonyl (C=O) groups excluding carboxylic acids is 1. The smallest absolute Gasteiger partial charge is 0.318 e. The molecule has 2 amide bonds. The van der Waals surface area contributed by atoms with Crippen LogP contribution in [0.25, 0.3) is 0 Å². The van der Waals surface area contributed by atoms with Crippen LogP contribution in [0.5, 0.6) is 0 Å². The van der Waals surface area contributed by atoms with Gasteiger partial charge >= 0.3 is 6.03 Å². The SMILES string of the molecule is O=C(NCc1ccncc1)N(Cc1ccccc1F)C1CC1. The average molecular weight is 299 g/mol. The summed E-state index contributed by atoms with van der Waals surface area (Å²) in [6.45, 7) is 0.751. The molecule has 1 aliphatic carbocycles. The van der Waals surface area contributed by atoms with Gasteiger partial charge in [-0.2, -0.15) is 0 Å². The second-order valence-corrected chi connectivity index (χ2v) is 5.46. The number of carbonyl (C=O) groups is 1. The van der Waals surface area contributed by atoms with Gasteiger partial charge in [0, 0.05) is 30.5 Å². The lowest BCUT2D eigenvalue weighted by Crippen LogP contribution is -2.40. The molecule has 0 radical (unpaired) electrons. The molecule has 1 aromatic carbocycles. The lowest BCUT2D eigenvalue weighted by Gasteiger charge is -2.23. The van der Waals surface area contributed by atoms with Crippen LogP contribution in [0.1, 0.15) is 24.0 Å². The standard InChI is InChI=1S/C17H18FN3O/c18-16-4-2-1-3-14(16)12-21(15-5-6-15)17(22)20-11-13-7-9-19-10-8-13/h1-4,7-10,15H,5-6,11-12H2,(H,20,22). The predicted molar refractivity (Wildman–Crippen MR) is 81.4 cm³/mol. The van der Waals surface area contributed by atoms with Gasteiger partial charge in [0.05, 0.1) is 6.54 Å². The minimum absolute atomic E-state index is 0.150. The molecule has 1 saturated carbocycles. The Hall–Kier alpha value is -2.43. The molecule has 3 rings (SSSR count). The molecule has 0 aliphatic heterocycles. The lowest BCUT2D eigenvalue weighted by atomic mass is 10.2. The van der Waals surface area contributed by atoms with Crippen LogP contribution in [0.4, 0.5) is 9.18 Å². The third-order valence-corrected chi connectivity index (χ3v) is 3.74. The number of amides is 2. The Morgan fingerprint density at radius 3 is 2.64 bits per heavy atom. The van der Waals surface area contributed by atoms with Crippen LogP contribution in [-0.2, 0) is 13.1 Å². The molecule has 1 aromatic heterocycles. The van der Waals surface area contributed by atoms with Gasteiger partial charge in [0.15, 0.2) is 0 Å². The molecule has 0 atom stereocenters. The highest BCUT2D eigenvalue weighted by Crippen LogP contribution is 2.28. The van der Waals surface area contributed by atoms with Crippen molar-refractivity contribution in [2.75, 3.05) is 0 Å². The van der Waals surface area contributed by atoms with Crippen molar-refractivity contribution in [3.63, 3.8) is 0 Å². The number of benzene rings is 1. The first-order valence-corrected chi connectivity index (χ1v) is 7.41. The molecule has 22 heavy (non-hydrogen) atoms. The van der Waals surface area contributed by atoms with Gasteiger partial charge in [0.25, 0.3) is 0 Å². The van der Waals surface area contributed by atoms with Gasteiger partial charge in [-0.15, -0.1) is 0 Å². The quantitative estimate of drug-likeness (QED) is 0.922. The van der Waals surface area contributed by atoms with E-state index in [0.29, 0.717) is 18.7 Å². The Kier molecular flexibility index (Phi) is 4.32. The molecule has 0 unspecified atom stereocenters. The fraction of sp³-hybridized carbons (Fsp3) is 0.294. The maximum absolute atomic E-state index is 13.8. The number of nitrogens with zero attached hydrogens (tertiary/aromatic N) is 2. The summed E-state index contributed by atoms with van der Waals surface area (Å²) in [4.78, 5) is 18.1. The Morgan fingerprint density at radius 1 is 1.23 bits per heavy atom. The van der Waals surface area contributed by atoms with Gasteiger partial charge in [-0.05, 0) is 36.6 Å². The van der Waals surface area contributed by atoms with E-state index in [9.17, 15) is 9.18 Å². The predicted octanol–water partition coefficient (Wildman–Crippen LogP) is 3.09. The van der Waals surface area contributed by atoms with Crippen molar-refractivity contribution in [1.82, 2.24) is 15.2 Å². The maximum atomic E-state index is 13.8. The molecule has 1 aliphatic rings. The zero-order chi connectivity index (χ0) is 15.4. The van der Waals surface area contributed by atoms with Crippen LogP contribution >= 0.6 is 0 Å². The summed E-state index contributed by atoms with van der Waals surface area (Å²) in [5.41, 5.74) is 1.54. The maximum Gasteiger partial charge on any atom is 0.318 e. The Bertz CT molecular complexity index is 643. The van der Waals surface area contributed by atoms with E-state index in [1.54, 1.807) is 35.5 Å². The molecular formula is C17H18FN3O. The van der Waals surface area contributed by atoms with E-state index in [1.807, 2.05) is 12.1 Å². The number of aromatic nitrogens is 1. The highest BCUT2D eigenvalue weighted by Gasteiger charge is 2.32. The number of nitrogens with one attached hydrogen (secondary N) is 1. The zero-order valence-electron chi connectivity index (χ0n) is 12.2. The van der Waals surface area contributed by atoms with Crippen molar-refractivity contribution in [3.8, 4) is 0 Å². The fourth-order valence-electron chi connectivity index (χ4n) is 2.34. The topological polar surface area (TPSA) is 45.2 Å². The molecule has 0 bridgehead atoms. The van der Waals surface area contributed by atoms with Gasteiger partial charge in [-0.1, -0.05) is 18.2 Å². The molecule has 0 spiro atoms. The van der Waals surface area contributed by atoms with Crippen LogP contribution < -0.4 is 5.32 Å². The second-order valence-electron chi connectivity index (χ2n) is 5.46. The largest absolute Gasteiger partial charge is 0.334 e. The number of pyridine rings is 1. The highest BCUT2D eigenvalue weighted by molar-refractivity contribution is 5.75. The fourth-order valence-corrected chi connectivity index (χ4v) is 2.34. The molecule has 4 nitrogen and oxygen atoms in total. The number of urea groups is 1. The summed E-state index contributed by atoms with van der Waals surface area (Å²) >= 11 is 0. The third-order valence-electron chi connectivity index (χ3n) is 3.74. The average Bonchev–Trinajstić information content (AvgIpc) is 3.37. The second kappa shape index (κ2) is 6.56. The van der Waals surface area contributed by atoms with E-state index < -0.39 is 0 Å². The van der Waals surface area contributed by atoms with Crippen molar-refractivity contribution in [2.24, 2.45) is 0 Å². The Labute approximate surface area is 129 Å². The third kappa shape index (κ3) is 3.61. The van der Waals surface area contributed by atoms with Gasteiger partial charge < -0.3 is 10.2 Å². The Morgan fingerprint density at radius 2 is 1.95 bits per heavy atom. The molecular weight excluding hydrogens is 281 g/mol. The first kappa shape index (κ1) is 14.5. The molecule has 5 heteroatoms. The summed E-state index contributed by atoms with van der Waals surface area (Å²) in [6.07, 6.45) is 5.35. The molecule has 1 N–H and O–H groups in total. The van der Waals surface area contributed by atoms with Crippen LogP contribution in [0.15, 0.2) is 48.8 Å². The number of halogens is 1. The summed E-state index contributed by atoms with van der Waals surface area (Å²) in [5.74, 6) is -0.268. The van der Waals surface area contributed by atoms with Crippen molar-refractivity contribution in [3.05, 3.63) is 65.7 Å².